The van der Waals surface area contributed by atoms with Gasteiger partial charge in [-0.3, -0.25) is 0 Å². The lowest BCUT2D eigenvalue weighted by Gasteiger charge is -2.09. The first-order valence-corrected chi connectivity index (χ1v) is 9.00. The number of methoxy groups -OCH3 is 2. The van der Waals surface area contributed by atoms with Crippen molar-refractivity contribution >= 4 is 18.2 Å². The molecule has 0 fully saturated rings. The second-order valence-corrected chi connectivity index (χ2v) is 6.32. The van der Waals surface area contributed by atoms with Gasteiger partial charge in [0.25, 0.3) is 0 Å². The van der Waals surface area contributed by atoms with Crippen LogP contribution in [0.1, 0.15) is 6.92 Å². The first-order chi connectivity index (χ1) is 14.1. The lowest BCUT2D eigenvalue weighted by Crippen LogP contribution is -2.78. The number of benzene rings is 2. The van der Waals surface area contributed by atoms with Gasteiger partial charge in [-0.1, -0.05) is 12.1 Å². The van der Waals surface area contributed by atoms with Gasteiger partial charge in [-0.05, 0) is 37.3 Å². The fourth-order valence-electron chi connectivity index (χ4n) is 2.67. The van der Waals surface area contributed by atoms with Gasteiger partial charge in [0.05, 0.1) is 25.7 Å². The molecule has 10 heteroatoms. The molecule has 2 aromatic carbocycles. The number of halogens is 4. The average Bonchev–Trinajstić information content (AvgIpc) is 2.70. The molecule has 1 atom stereocenters. The molecule has 0 radical (unpaired) electrons. The molecule has 3 rings (SSSR count). The second-order valence-electron chi connectivity index (χ2n) is 6.32. The van der Waals surface area contributed by atoms with Crippen molar-refractivity contribution in [3.8, 4) is 22.8 Å². The van der Waals surface area contributed by atoms with Gasteiger partial charge in [-0.25, -0.2) is 4.99 Å². The Hall–Kier alpha value is -3.01. The predicted octanol–water partition coefficient (Wildman–Crippen LogP) is 2.78. The topological polar surface area (TPSA) is 65.8 Å². The number of aliphatic hydroxyl groups excluding tert-OH is 1. The van der Waals surface area contributed by atoms with Gasteiger partial charge < -0.3 is 36.3 Å². The van der Waals surface area contributed by atoms with E-state index in [4.69, 9.17) is 13.9 Å². The number of nitrogens with one attached hydrogen (secondary N) is 1. The van der Waals surface area contributed by atoms with Crippen LogP contribution in [0.4, 0.5) is 17.3 Å². The van der Waals surface area contributed by atoms with Gasteiger partial charge in [0, 0.05) is 5.56 Å². The highest BCUT2D eigenvalue weighted by molar-refractivity contribution is 6.50. The molecule has 0 saturated heterocycles. The highest BCUT2D eigenvalue weighted by Crippen LogP contribution is 2.32. The van der Waals surface area contributed by atoms with Gasteiger partial charge in [-0.15, -0.1) is 0 Å². The third-order valence-corrected chi connectivity index (χ3v) is 3.93. The molecule has 1 aromatic heterocycles. The summed E-state index contributed by atoms with van der Waals surface area (Å²) in [7, 11) is -2.79. The van der Waals surface area contributed by atoms with E-state index in [-0.39, 0.29) is 0 Å². The summed E-state index contributed by atoms with van der Waals surface area (Å²) in [4.78, 5) is 3.28. The molecule has 0 aliphatic heterocycles. The van der Waals surface area contributed by atoms with E-state index in [0.29, 0.717) is 23.8 Å². The fraction of sp³-hybridized carbons (Fsp3) is 0.250. The molecular formula is C20H22BF4NO4. The Bertz CT molecular complexity index is 1040. The third-order valence-electron chi connectivity index (χ3n) is 3.93. The van der Waals surface area contributed by atoms with Gasteiger partial charge in [0.1, 0.15) is 17.4 Å². The fourth-order valence-corrected chi connectivity index (χ4v) is 2.67. The highest BCUT2D eigenvalue weighted by Gasteiger charge is 2.20. The van der Waals surface area contributed by atoms with Gasteiger partial charge in [0.2, 0.25) is 5.36 Å². The third kappa shape index (κ3) is 6.80. The maximum absolute atomic E-state index is 9.75. The number of para-hydroxylation sites is 1. The van der Waals surface area contributed by atoms with Crippen molar-refractivity contribution < 1.29 is 41.3 Å². The van der Waals surface area contributed by atoms with Gasteiger partial charge >= 0.3 is 7.25 Å². The second kappa shape index (κ2) is 10.2. The van der Waals surface area contributed by atoms with Crippen LogP contribution in [0.3, 0.4) is 0 Å². The van der Waals surface area contributed by atoms with Crippen molar-refractivity contribution in [2.75, 3.05) is 20.8 Å². The monoisotopic (exact) mass is 427 g/mol. The molecule has 0 saturated carbocycles. The van der Waals surface area contributed by atoms with Crippen LogP contribution in [0.15, 0.2) is 52.9 Å². The lowest BCUT2D eigenvalue weighted by molar-refractivity contribution is -0.508. The normalized spacial score (nSPS) is 12.9. The highest BCUT2D eigenvalue weighted by atomic mass is 19.5. The van der Waals surface area contributed by atoms with E-state index in [1.165, 1.54) is 0 Å². The van der Waals surface area contributed by atoms with Crippen molar-refractivity contribution in [3.63, 3.8) is 0 Å². The summed E-state index contributed by atoms with van der Waals surface area (Å²) in [6.07, 6.45) is -0.444. The van der Waals surface area contributed by atoms with E-state index in [1.807, 2.05) is 48.5 Å². The molecule has 0 spiro atoms. The first kappa shape index (κ1) is 23.3. The molecule has 1 unspecified atom stereocenters. The number of ether oxygens (including phenoxy) is 2. The van der Waals surface area contributed by atoms with E-state index in [9.17, 15) is 22.4 Å². The molecule has 0 aliphatic carbocycles. The van der Waals surface area contributed by atoms with Crippen molar-refractivity contribution in [3.05, 3.63) is 53.9 Å². The standard InChI is InChI=1S/C20H21NO4.BF4/c1-13(22)12-21-16-11-19(25-17-7-5-4-6-15(16)17)14-8-9-18(23-2)20(10-14)24-3;2-1(3,4)5/h4-11,13,22H,12H2,1-3H3;/q;-1/p+1. The van der Waals surface area contributed by atoms with Crippen LogP contribution in [-0.4, -0.2) is 39.2 Å². The molecule has 0 bridgehead atoms. The van der Waals surface area contributed by atoms with Crippen LogP contribution in [0.2, 0.25) is 0 Å². The zero-order valence-electron chi connectivity index (χ0n) is 16.7. The molecule has 0 aliphatic rings. The minimum Gasteiger partial charge on any atom is -0.493 e. The Morgan fingerprint density at radius 3 is 2.23 bits per heavy atom. The molecule has 3 aromatic rings. The number of hydrogen-bond acceptors (Lipinski definition) is 4. The van der Waals surface area contributed by atoms with Crippen LogP contribution >= 0.6 is 0 Å². The van der Waals surface area contributed by atoms with Crippen molar-refractivity contribution in [2.24, 2.45) is 0 Å². The van der Waals surface area contributed by atoms with Crippen LogP contribution in [-0.2, 0) is 0 Å². The Balaban J connectivity index is 0.000000575. The Labute approximate surface area is 170 Å². The zero-order chi connectivity index (χ0) is 22.3. The zero-order valence-corrected chi connectivity index (χ0v) is 16.7. The summed E-state index contributed by atoms with van der Waals surface area (Å²) in [6, 6.07) is 15.4. The maximum Gasteiger partial charge on any atom is 0.673 e. The smallest absolute Gasteiger partial charge is 0.493 e. The summed E-state index contributed by atoms with van der Waals surface area (Å²) in [6.45, 7) is 2.21. The number of hydrogen-bond donors (Lipinski definition) is 2. The van der Waals surface area contributed by atoms with E-state index < -0.39 is 13.4 Å². The van der Waals surface area contributed by atoms with Crippen molar-refractivity contribution in [1.82, 2.24) is 0 Å². The number of fused-ring (bicyclic) bond motifs is 1. The molecule has 1 heterocycles. The van der Waals surface area contributed by atoms with Crippen LogP contribution in [0.25, 0.3) is 22.3 Å². The molecule has 0 amide bonds. The molecule has 30 heavy (non-hydrogen) atoms. The number of rotatable bonds is 5. The van der Waals surface area contributed by atoms with E-state index in [1.54, 1.807) is 21.1 Å². The Kier molecular flexibility index (Phi) is 7.88. The minimum atomic E-state index is -6.00. The van der Waals surface area contributed by atoms with E-state index in [0.717, 1.165) is 21.9 Å². The number of aliphatic hydroxyl groups is 1. The van der Waals surface area contributed by atoms with Gasteiger partial charge in [0.15, 0.2) is 18.0 Å². The van der Waals surface area contributed by atoms with Crippen LogP contribution < -0.4 is 19.8 Å². The maximum atomic E-state index is 9.75. The quantitative estimate of drug-likeness (QED) is 0.486. The Morgan fingerprint density at radius 2 is 1.63 bits per heavy atom. The lowest BCUT2D eigenvalue weighted by atomic mass is 10.1. The predicted molar refractivity (Wildman–Crippen MR) is 106 cm³/mol. The minimum absolute atomic E-state index is 0.444. The summed E-state index contributed by atoms with van der Waals surface area (Å²) in [5.41, 5.74) is 1.64. The average molecular weight is 427 g/mol. The van der Waals surface area contributed by atoms with E-state index in [2.05, 4.69) is 4.99 Å². The first-order valence-electron chi connectivity index (χ1n) is 9.00. The van der Waals surface area contributed by atoms with Crippen LogP contribution in [0, 0.1) is 0 Å². The summed E-state index contributed by atoms with van der Waals surface area (Å²) >= 11 is 0. The summed E-state index contributed by atoms with van der Waals surface area (Å²) in [5, 5.41) is 11.5. The van der Waals surface area contributed by atoms with Crippen molar-refractivity contribution in [2.45, 2.75) is 13.0 Å². The van der Waals surface area contributed by atoms with E-state index >= 15 is 0 Å². The van der Waals surface area contributed by atoms with Crippen molar-refractivity contribution in [1.29, 1.82) is 0 Å². The molecular weight excluding hydrogens is 405 g/mol. The largest absolute Gasteiger partial charge is 0.673 e. The molecule has 5 nitrogen and oxygen atoms in total. The molecule has 2 N–H and O–H groups in total. The summed E-state index contributed by atoms with van der Waals surface area (Å²) < 4.78 is 55.7. The Morgan fingerprint density at radius 1 is 1.00 bits per heavy atom. The summed E-state index contributed by atoms with van der Waals surface area (Å²) in [5.74, 6) is 2.01. The van der Waals surface area contributed by atoms with Crippen LogP contribution in [0.5, 0.6) is 11.5 Å². The molecule has 162 valence electrons. The SMILES string of the molecule is COc1ccc(-c2cc(=[NH+]CC(C)O)c3ccccc3o2)cc1OC.F[B-](F)(F)F. The van der Waals surface area contributed by atoms with Gasteiger partial charge in [-0.2, -0.15) is 0 Å².